The molecule has 1 aromatic carbocycles. The second kappa shape index (κ2) is 7.21. The van der Waals surface area contributed by atoms with E-state index in [2.05, 4.69) is 46.7 Å². The van der Waals surface area contributed by atoms with Crippen LogP contribution in [0.15, 0.2) is 24.4 Å². The molecule has 146 valence electrons. The van der Waals surface area contributed by atoms with E-state index in [1.54, 1.807) is 0 Å². The fourth-order valence-corrected chi connectivity index (χ4v) is 5.28. The second-order valence-corrected chi connectivity index (χ2v) is 9.45. The number of fused-ring (bicyclic) bond motifs is 3. The van der Waals surface area contributed by atoms with E-state index < -0.39 is 0 Å². The highest BCUT2D eigenvalue weighted by atomic mass is 16.5. The van der Waals surface area contributed by atoms with Crippen molar-refractivity contribution >= 4 is 10.9 Å². The number of aryl methyl sites for hydroxylation is 1. The molecule has 2 aromatic rings. The van der Waals surface area contributed by atoms with E-state index in [0.717, 1.165) is 31.2 Å². The molecule has 0 amide bonds. The Labute approximate surface area is 162 Å². The summed E-state index contributed by atoms with van der Waals surface area (Å²) >= 11 is 0. The third kappa shape index (κ3) is 3.79. The average Bonchev–Trinajstić information content (AvgIpc) is 3.36. The van der Waals surface area contributed by atoms with Gasteiger partial charge in [0.2, 0.25) is 0 Å². The van der Waals surface area contributed by atoms with Crippen LogP contribution in [-0.4, -0.2) is 46.0 Å². The van der Waals surface area contributed by atoms with E-state index in [9.17, 15) is 0 Å². The lowest BCUT2D eigenvalue weighted by Gasteiger charge is -2.40. The number of hydrogen-bond acceptors (Lipinski definition) is 3. The maximum Gasteiger partial charge on any atom is 0.0682 e. The van der Waals surface area contributed by atoms with E-state index >= 15 is 0 Å². The van der Waals surface area contributed by atoms with Gasteiger partial charge in [-0.2, -0.15) is 5.10 Å². The third-order valence-corrected chi connectivity index (χ3v) is 6.91. The predicted molar refractivity (Wildman–Crippen MR) is 109 cm³/mol. The van der Waals surface area contributed by atoms with Crippen molar-refractivity contribution in [1.82, 2.24) is 14.7 Å². The van der Waals surface area contributed by atoms with Crippen molar-refractivity contribution in [2.75, 3.05) is 13.2 Å². The standard InChI is InChI=1S/C23H33N3O/c1-16-3-8-23-19(9-16)12-24-26(23)14-17(2)13-25-20-6-7-21(25)11-22(10-20)27-15-18-4-5-18/h3,8-9,12,17-18,20-22H,4-7,10-11,13-15H2,1-2H3. The number of rotatable bonds is 7. The Kier molecular flexibility index (Phi) is 4.73. The van der Waals surface area contributed by atoms with Gasteiger partial charge in [-0.3, -0.25) is 9.58 Å². The summed E-state index contributed by atoms with van der Waals surface area (Å²) in [4.78, 5) is 2.80. The largest absolute Gasteiger partial charge is 0.378 e. The van der Waals surface area contributed by atoms with Gasteiger partial charge in [0, 0.05) is 37.2 Å². The van der Waals surface area contributed by atoms with Crippen LogP contribution in [0.5, 0.6) is 0 Å². The van der Waals surface area contributed by atoms with Crippen LogP contribution in [0.2, 0.25) is 0 Å². The Balaban J connectivity index is 1.19. The molecule has 0 radical (unpaired) electrons. The Morgan fingerprint density at radius 3 is 2.63 bits per heavy atom. The molecule has 3 unspecified atom stereocenters. The first-order valence-corrected chi connectivity index (χ1v) is 10.9. The Hall–Kier alpha value is -1.39. The van der Waals surface area contributed by atoms with Gasteiger partial charge >= 0.3 is 0 Å². The average molecular weight is 368 g/mol. The van der Waals surface area contributed by atoms with Crippen LogP contribution in [-0.2, 0) is 11.3 Å². The highest BCUT2D eigenvalue weighted by molar-refractivity contribution is 5.79. The number of ether oxygens (including phenoxy) is 1. The van der Waals surface area contributed by atoms with Gasteiger partial charge in [0.25, 0.3) is 0 Å². The predicted octanol–water partition coefficient (Wildman–Crippen LogP) is 4.40. The molecule has 2 saturated heterocycles. The Morgan fingerprint density at radius 1 is 1.11 bits per heavy atom. The molecular weight excluding hydrogens is 334 g/mol. The third-order valence-electron chi connectivity index (χ3n) is 6.91. The molecule has 2 bridgehead atoms. The van der Waals surface area contributed by atoms with Gasteiger partial charge in [0.05, 0.1) is 17.8 Å². The van der Waals surface area contributed by atoms with Crippen molar-refractivity contribution < 1.29 is 4.74 Å². The van der Waals surface area contributed by atoms with Gasteiger partial charge in [-0.1, -0.05) is 18.6 Å². The van der Waals surface area contributed by atoms with Crippen molar-refractivity contribution in [1.29, 1.82) is 0 Å². The fourth-order valence-electron chi connectivity index (χ4n) is 5.28. The molecule has 1 saturated carbocycles. The molecule has 3 fully saturated rings. The second-order valence-electron chi connectivity index (χ2n) is 9.45. The smallest absolute Gasteiger partial charge is 0.0682 e. The summed E-state index contributed by atoms with van der Waals surface area (Å²) in [6, 6.07) is 8.13. The minimum absolute atomic E-state index is 0.521. The molecule has 2 aliphatic heterocycles. The topological polar surface area (TPSA) is 30.3 Å². The molecule has 0 N–H and O–H groups in total. The quantitative estimate of drug-likeness (QED) is 0.726. The summed E-state index contributed by atoms with van der Waals surface area (Å²) in [5.74, 6) is 1.50. The molecule has 0 spiro atoms. The van der Waals surface area contributed by atoms with Crippen LogP contribution in [0.25, 0.3) is 10.9 Å². The van der Waals surface area contributed by atoms with E-state index in [1.165, 1.54) is 61.5 Å². The Morgan fingerprint density at radius 2 is 1.89 bits per heavy atom. The first-order valence-electron chi connectivity index (χ1n) is 10.9. The van der Waals surface area contributed by atoms with Gasteiger partial charge in [-0.25, -0.2) is 0 Å². The zero-order valence-electron chi connectivity index (χ0n) is 16.8. The number of hydrogen-bond donors (Lipinski definition) is 0. The lowest BCUT2D eigenvalue weighted by atomic mass is 9.98. The van der Waals surface area contributed by atoms with E-state index in [4.69, 9.17) is 4.74 Å². The summed E-state index contributed by atoms with van der Waals surface area (Å²) in [6.45, 7) is 7.75. The zero-order valence-corrected chi connectivity index (χ0v) is 16.8. The summed E-state index contributed by atoms with van der Waals surface area (Å²) < 4.78 is 8.44. The van der Waals surface area contributed by atoms with Crippen molar-refractivity contribution in [2.24, 2.45) is 11.8 Å². The molecule has 1 aliphatic carbocycles. The van der Waals surface area contributed by atoms with Crippen LogP contribution >= 0.6 is 0 Å². The SMILES string of the molecule is Cc1ccc2c(cnn2CC(C)CN2C3CCC2CC(OCC2CC2)C3)c1. The molecule has 4 nitrogen and oxygen atoms in total. The summed E-state index contributed by atoms with van der Waals surface area (Å²) in [5.41, 5.74) is 2.57. The lowest BCUT2D eigenvalue weighted by Crippen LogP contribution is -2.47. The minimum atomic E-state index is 0.521. The van der Waals surface area contributed by atoms with Gasteiger partial charge in [0.15, 0.2) is 0 Å². The molecule has 3 aliphatic rings. The van der Waals surface area contributed by atoms with E-state index in [1.807, 2.05) is 6.20 Å². The van der Waals surface area contributed by atoms with Crippen molar-refractivity contribution in [3.05, 3.63) is 30.0 Å². The van der Waals surface area contributed by atoms with E-state index in [0.29, 0.717) is 12.0 Å². The Bertz CT molecular complexity index is 782. The fraction of sp³-hybridized carbons (Fsp3) is 0.696. The van der Waals surface area contributed by atoms with Crippen LogP contribution in [0.1, 0.15) is 51.0 Å². The summed E-state index contributed by atoms with van der Waals surface area (Å²) in [5, 5.41) is 5.92. The van der Waals surface area contributed by atoms with Crippen LogP contribution in [0.3, 0.4) is 0 Å². The van der Waals surface area contributed by atoms with Crippen LogP contribution < -0.4 is 0 Å². The minimum Gasteiger partial charge on any atom is -0.378 e. The maximum absolute atomic E-state index is 6.24. The van der Waals surface area contributed by atoms with Crippen molar-refractivity contribution in [3.8, 4) is 0 Å². The molecule has 27 heavy (non-hydrogen) atoms. The monoisotopic (exact) mass is 367 g/mol. The maximum atomic E-state index is 6.24. The summed E-state index contributed by atoms with van der Waals surface area (Å²) in [7, 11) is 0. The van der Waals surface area contributed by atoms with Crippen LogP contribution in [0.4, 0.5) is 0 Å². The van der Waals surface area contributed by atoms with E-state index in [-0.39, 0.29) is 0 Å². The van der Waals surface area contributed by atoms with Gasteiger partial charge < -0.3 is 4.74 Å². The zero-order chi connectivity index (χ0) is 18.4. The van der Waals surface area contributed by atoms with Crippen molar-refractivity contribution in [3.63, 3.8) is 0 Å². The summed E-state index contributed by atoms with van der Waals surface area (Å²) in [6.07, 6.45) is 10.6. The normalized spacial score (nSPS) is 29.5. The highest BCUT2D eigenvalue weighted by Crippen LogP contribution is 2.38. The molecule has 3 heterocycles. The molecular formula is C23H33N3O. The first-order chi connectivity index (χ1) is 13.2. The van der Waals surface area contributed by atoms with Crippen LogP contribution in [0, 0.1) is 18.8 Å². The highest BCUT2D eigenvalue weighted by Gasteiger charge is 2.41. The lowest BCUT2D eigenvalue weighted by molar-refractivity contribution is -0.0276. The molecule has 4 heteroatoms. The number of aromatic nitrogens is 2. The van der Waals surface area contributed by atoms with Gasteiger partial charge in [-0.05, 0) is 69.4 Å². The van der Waals surface area contributed by atoms with Gasteiger partial charge in [-0.15, -0.1) is 0 Å². The number of piperidine rings is 1. The number of benzene rings is 1. The molecule has 3 atom stereocenters. The number of nitrogens with zero attached hydrogens (tertiary/aromatic N) is 3. The molecule has 5 rings (SSSR count). The van der Waals surface area contributed by atoms with Gasteiger partial charge in [0.1, 0.15) is 0 Å². The first kappa shape index (κ1) is 17.7. The van der Waals surface area contributed by atoms with Crippen molar-refractivity contribution in [2.45, 2.75) is 77.1 Å². The molecule has 1 aromatic heterocycles.